The lowest BCUT2D eigenvalue weighted by Crippen LogP contribution is -2.04. The minimum atomic E-state index is 0.482. The first-order valence-corrected chi connectivity index (χ1v) is 5.10. The van der Waals surface area contributed by atoms with Crippen LogP contribution < -0.4 is 0 Å². The van der Waals surface area contributed by atoms with E-state index < -0.39 is 0 Å². The molecule has 0 aromatic heterocycles. The van der Waals surface area contributed by atoms with E-state index in [0.29, 0.717) is 5.92 Å². The number of carbonyl (C=O) groups is 1. The molecule has 0 saturated heterocycles. The van der Waals surface area contributed by atoms with Gasteiger partial charge in [-0.3, -0.25) is 4.79 Å². The minimum absolute atomic E-state index is 0.482. The van der Waals surface area contributed by atoms with E-state index in [9.17, 15) is 4.79 Å². The standard InChI is InChI=1S/C13H14O/c14-10-11-6-8-13(9-7-11)12-4-2-1-3-5-12/h2,4-8,10,13H,1,3,9H2. The van der Waals surface area contributed by atoms with Crippen LogP contribution in [0.25, 0.3) is 0 Å². The lowest BCUT2D eigenvalue weighted by Gasteiger charge is -2.17. The molecule has 1 heteroatoms. The third kappa shape index (κ3) is 1.92. The van der Waals surface area contributed by atoms with E-state index >= 15 is 0 Å². The number of hydrogen-bond acceptors (Lipinski definition) is 1. The highest BCUT2D eigenvalue weighted by Gasteiger charge is 2.12. The molecule has 0 heterocycles. The summed E-state index contributed by atoms with van der Waals surface area (Å²) in [5.74, 6) is 0.482. The van der Waals surface area contributed by atoms with Crippen molar-refractivity contribution in [3.63, 3.8) is 0 Å². The van der Waals surface area contributed by atoms with E-state index in [0.717, 1.165) is 31.1 Å². The number of hydrogen-bond donors (Lipinski definition) is 0. The number of carbonyl (C=O) groups excluding carboxylic acids is 1. The first kappa shape index (κ1) is 9.20. The molecule has 2 rings (SSSR count). The molecule has 2 aliphatic rings. The monoisotopic (exact) mass is 186 g/mol. The fraction of sp³-hybridized carbons (Fsp3) is 0.308. The second-order valence-corrected chi connectivity index (χ2v) is 3.71. The summed E-state index contributed by atoms with van der Waals surface area (Å²) in [5, 5.41) is 0. The summed E-state index contributed by atoms with van der Waals surface area (Å²) in [7, 11) is 0. The zero-order valence-corrected chi connectivity index (χ0v) is 8.15. The van der Waals surface area contributed by atoms with Crippen LogP contribution in [0.15, 0.2) is 47.6 Å². The van der Waals surface area contributed by atoms with Gasteiger partial charge in [0.15, 0.2) is 0 Å². The maximum atomic E-state index is 10.5. The Bertz CT molecular complexity index is 342. The molecule has 1 unspecified atom stereocenters. The van der Waals surface area contributed by atoms with Gasteiger partial charge < -0.3 is 0 Å². The van der Waals surface area contributed by atoms with Crippen LogP contribution in [-0.2, 0) is 4.79 Å². The average Bonchev–Trinajstić information content (AvgIpc) is 2.30. The summed E-state index contributed by atoms with van der Waals surface area (Å²) in [6.07, 6.45) is 17.0. The van der Waals surface area contributed by atoms with E-state index in [1.807, 2.05) is 12.2 Å². The van der Waals surface area contributed by atoms with Crippen LogP contribution in [0.2, 0.25) is 0 Å². The zero-order chi connectivity index (χ0) is 9.80. The van der Waals surface area contributed by atoms with Gasteiger partial charge >= 0.3 is 0 Å². The normalized spacial score (nSPS) is 25.6. The Morgan fingerprint density at radius 3 is 2.71 bits per heavy atom. The summed E-state index contributed by atoms with van der Waals surface area (Å²) in [5.41, 5.74) is 2.20. The Morgan fingerprint density at radius 2 is 2.14 bits per heavy atom. The molecule has 0 N–H and O–H groups in total. The maximum Gasteiger partial charge on any atom is 0.149 e. The highest BCUT2D eigenvalue weighted by atomic mass is 16.1. The molecule has 0 aliphatic heterocycles. The Hall–Kier alpha value is -1.37. The van der Waals surface area contributed by atoms with Gasteiger partial charge in [0.25, 0.3) is 0 Å². The molecule has 0 radical (unpaired) electrons. The molecule has 0 saturated carbocycles. The van der Waals surface area contributed by atoms with E-state index in [1.54, 1.807) is 0 Å². The minimum Gasteiger partial charge on any atom is -0.298 e. The van der Waals surface area contributed by atoms with Crippen molar-refractivity contribution in [2.45, 2.75) is 19.3 Å². The molecule has 0 bridgehead atoms. The van der Waals surface area contributed by atoms with Gasteiger partial charge in [0, 0.05) is 11.5 Å². The predicted molar refractivity (Wildman–Crippen MR) is 57.9 cm³/mol. The Balaban J connectivity index is 2.06. The average molecular weight is 186 g/mol. The smallest absolute Gasteiger partial charge is 0.149 e. The molecule has 0 fully saturated rings. The van der Waals surface area contributed by atoms with Crippen LogP contribution in [0.1, 0.15) is 19.3 Å². The number of rotatable bonds is 2. The number of allylic oxidation sites excluding steroid dienone is 8. The molecule has 0 spiro atoms. The van der Waals surface area contributed by atoms with Crippen molar-refractivity contribution >= 4 is 6.29 Å². The summed E-state index contributed by atoms with van der Waals surface area (Å²) in [6, 6.07) is 0. The molecule has 1 atom stereocenters. The summed E-state index contributed by atoms with van der Waals surface area (Å²) >= 11 is 0. The highest BCUT2D eigenvalue weighted by Crippen LogP contribution is 2.26. The first-order chi connectivity index (χ1) is 6.90. The first-order valence-electron chi connectivity index (χ1n) is 5.10. The molecular formula is C13H14O. The lowest BCUT2D eigenvalue weighted by atomic mass is 9.87. The van der Waals surface area contributed by atoms with Gasteiger partial charge in [0.05, 0.1) is 0 Å². The molecule has 14 heavy (non-hydrogen) atoms. The van der Waals surface area contributed by atoms with Crippen molar-refractivity contribution in [1.82, 2.24) is 0 Å². The van der Waals surface area contributed by atoms with Gasteiger partial charge in [-0.05, 0) is 24.8 Å². The lowest BCUT2D eigenvalue weighted by molar-refractivity contribution is -0.104. The second kappa shape index (κ2) is 4.23. The molecule has 0 amide bonds. The third-order valence-corrected chi connectivity index (χ3v) is 2.72. The van der Waals surface area contributed by atoms with Crippen molar-refractivity contribution < 1.29 is 4.79 Å². The van der Waals surface area contributed by atoms with Crippen LogP contribution >= 0.6 is 0 Å². The second-order valence-electron chi connectivity index (χ2n) is 3.71. The van der Waals surface area contributed by atoms with Crippen molar-refractivity contribution in [1.29, 1.82) is 0 Å². The largest absolute Gasteiger partial charge is 0.298 e. The Labute approximate surface area is 84.5 Å². The fourth-order valence-electron chi connectivity index (χ4n) is 1.88. The molecule has 2 aliphatic carbocycles. The quantitative estimate of drug-likeness (QED) is 0.606. The van der Waals surface area contributed by atoms with Gasteiger partial charge in [0.1, 0.15) is 6.29 Å². The van der Waals surface area contributed by atoms with Crippen molar-refractivity contribution in [3.05, 3.63) is 47.6 Å². The van der Waals surface area contributed by atoms with Crippen LogP contribution in [0.4, 0.5) is 0 Å². The van der Waals surface area contributed by atoms with E-state index in [4.69, 9.17) is 0 Å². The Morgan fingerprint density at radius 1 is 1.21 bits per heavy atom. The summed E-state index contributed by atoms with van der Waals surface area (Å²) in [6.45, 7) is 0. The maximum absolute atomic E-state index is 10.5. The van der Waals surface area contributed by atoms with E-state index in [2.05, 4.69) is 24.3 Å². The molecular weight excluding hydrogens is 172 g/mol. The van der Waals surface area contributed by atoms with Gasteiger partial charge in [-0.2, -0.15) is 0 Å². The van der Waals surface area contributed by atoms with Crippen molar-refractivity contribution in [3.8, 4) is 0 Å². The summed E-state index contributed by atoms with van der Waals surface area (Å²) in [4.78, 5) is 10.5. The predicted octanol–water partition coefficient (Wildman–Crippen LogP) is 2.96. The van der Waals surface area contributed by atoms with Gasteiger partial charge in [-0.25, -0.2) is 0 Å². The van der Waals surface area contributed by atoms with Gasteiger partial charge in [-0.1, -0.05) is 36.5 Å². The number of aldehydes is 1. The molecule has 0 aromatic carbocycles. The molecule has 1 nitrogen and oxygen atoms in total. The fourth-order valence-corrected chi connectivity index (χ4v) is 1.88. The summed E-state index contributed by atoms with van der Waals surface area (Å²) < 4.78 is 0. The SMILES string of the molecule is O=CC1=CCC(C2=CCCC=C2)C=C1. The van der Waals surface area contributed by atoms with Gasteiger partial charge in [0.2, 0.25) is 0 Å². The molecule has 72 valence electrons. The third-order valence-electron chi connectivity index (χ3n) is 2.72. The van der Waals surface area contributed by atoms with E-state index in [1.165, 1.54) is 5.57 Å². The highest BCUT2D eigenvalue weighted by molar-refractivity contribution is 5.77. The van der Waals surface area contributed by atoms with Crippen LogP contribution in [0, 0.1) is 5.92 Å². The topological polar surface area (TPSA) is 17.1 Å². The van der Waals surface area contributed by atoms with E-state index in [-0.39, 0.29) is 0 Å². The van der Waals surface area contributed by atoms with Gasteiger partial charge in [-0.15, -0.1) is 0 Å². The van der Waals surface area contributed by atoms with Crippen LogP contribution in [0.3, 0.4) is 0 Å². The Kier molecular flexibility index (Phi) is 2.78. The van der Waals surface area contributed by atoms with Crippen LogP contribution in [-0.4, -0.2) is 6.29 Å². The van der Waals surface area contributed by atoms with Crippen molar-refractivity contribution in [2.75, 3.05) is 0 Å². The zero-order valence-electron chi connectivity index (χ0n) is 8.15. The molecule has 0 aromatic rings. The van der Waals surface area contributed by atoms with Crippen molar-refractivity contribution in [2.24, 2.45) is 5.92 Å². The van der Waals surface area contributed by atoms with Crippen LogP contribution in [0.5, 0.6) is 0 Å².